The Balaban J connectivity index is 1.41. The van der Waals surface area contributed by atoms with Gasteiger partial charge in [-0.25, -0.2) is 0 Å². The van der Waals surface area contributed by atoms with Crippen molar-refractivity contribution in [3.63, 3.8) is 0 Å². The van der Waals surface area contributed by atoms with Crippen LogP contribution in [0, 0.1) is 0 Å². The third-order valence-corrected chi connectivity index (χ3v) is 5.14. The molecule has 0 atom stereocenters. The molecule has 2 saturated heterocycles. The minimum atomic E-state index is 0.358. The highest BCUT2D eigenvalue weighted by atomic mass is 16.5. The van der Waals surface area contributed by atoms with E-state index >= 15 is 0 Å². The lowest BCUT2D eigenvalue weighted by Crippen LogP contribution is -3.28. The second-order valence-electron chi connectivity index (χ2n) is 6.79. The Labute approximate surface area is 138 Å². The molecule has 5 heteroatoms. The minimum Gasteiger partial charge on any atom is -0.497 e. The van der Waals surface area contributed by atoms with Gasteiger partial charge in [0.05, 0.1) is 7.11 Å². The normalized spacial score (nSPS) is 24.7. The van der Waals surface area contributed by atoms with Gasteiger partial charge in [-0.2, -0.15) is 0 Å². The number of quaternary nitrogens is 2. The summed E-state index contributed by atoms with van der Waals surface area (Å²) in [5.74, 6) is 1.27. The van der Waals surface area contributed by atoms with Gasteiger partial charge in [0, 0.05) is 18.7 Å². The molecule has 0 saturated carbocycles. The number of carbonyl (C=O) groups is 1. The third kappa shape index (κ3) is 4.45. The number of nitrogens with one attached hydrogen (secondary N) is 2. The number of piperazine rings is 1. The SMILES string of the molecule is COc1ccc(C[NH+]2CC[NH+](CC(=O)N3CCCC3)CC2)cc1. The summed E-state index contributed by atoms with van der Waals surface area (Å²) < 4.78 is 5.21. The summed E-state index contributed by atoms with van der Waals surface area (Å²) in [6, 6.07) is 8.37. The minimum absolute atomic E-state index is 0.358. The van der Waals surface area contributed by atoms with Gasteiger partial charge in [0.1, 0.15) is 38.5 Å². The molecule has 0 bridgehead atoms. The molecule has 0 unspecified atom stereocenters. The van der Waals surface area contributed by atoms with E-state index in [1.807, 2.05) is 17.0 Å². The average Bonchev–Trinajstić information content (AvgIpc) is 3.12. The molecule has 23 heavy (non-hydrogen) atoms. The highest BCUT2D eigenvalue weighted by Gasteiger charge is 2.27. The molecule has 2 N–H and O–H groups in total. The van der Waals surface area contributed by atoms with Crippen molar-refractivity contribution in [1.29, 1.82) is 0 Å². The topological polar surface area (TPSA) is 38.4 Å². The van der Waals surface area contributed by atoms with Crippen LogP contribution in [-0.4, -0.2) is 63.7 Å². The molecular formula is C18H29N3O2+2. The maximum absolute atomic E-state index is 12.2. The van der Waals surface area contributed by atoms with E-state index in [0.717, 1.165) is 51.6 Å². The maximum atomic E-state index is 12.2. The van der Waals surface area contributed by atoms with Crippen molar-refractivity contribution in [2.45, 2.75) is 19.4 Å². The zero-order valence-electron chi connectivity index (χ0n) is 14.1. The van der Waals surface area contributed by atoms with Crippen LogP contribution in [-0.2, 0) is 11.3 Å². The standard InChI is InChI=1S/C18H27N3O2/c1-23-17-6-4-16(5-7-17)14-19-10-12-20(13-11-19)15-18(22)21-8-2-3-9-21/h4-7H,2-3,8-15H2,1H3/p+2. The predicted molar refractivity (Wildman–Crippen MR) is 88.8 cm³/mol. The van der Waals surface area contributed by atoms with Crippen LogP contribution in [0.1, 0.15) is 18.4 Å². The summed E-state index contributed by atoms with van der Waals surface area (Å²) in [6.07, 6.45) is 2.36. The number of methoxy groups -OCH3 is 1. The van der Waals surface area contributed by atoms with Gasteiger partial charge in [-0.1, -0.05) is 0 Å². The lowest BCUT2D eigenvalue weighted by molar-refractivity contribution is -1.02. The second-order valence-corrected chi connectivity index (χ2v) is 6.79. The quantitative estimate of drug-likeness (QED) is 0.701. The molecule has 2 fully saturated rings. The van der Waals surface area contributed by atoms with Crippen LogP contribution in [0.5, 0.6) is 5.75 Å². The van der Waals surface area contributed by atoms with Gasteiger partial charge >= 0.3 is 0 Å². The summed E-state index contributed by atoms with van der Waals surface area (Å²) in [6.45, 7) is 8.20. The Hall–Kier alpha value is -1.59. The van der Waals surface area contributed by atoms with E-state index in [1.165, 1.54) is 23.3 Å². The summed E-state index contributed by atoms with van der Waals surface area (Å²) in [5, 5.41) is 0. The molecular weight excluding hydrogens is 290 g/mol. The van der Waals surface area contributed by atoms with E-state index in [2.05, 4.69) is 12.1 Å². The molecule has 126 valence electrons. The lowest BCUT2D eigenvalue weighted by Gasteiger charge is -2.30. The molecule has 1 aromatic rings. The Bertz CT molecular complexity index is 504. The first kappa shape index (κ1) is 16.3. The van der Waals surface area contributed by atoms with Crippen molar-refractivity contribution in [2.75, 3.05) is 52.9 Å². The van der Waals surface area contributed by atoms with Crippen LogP contribution in [0.4, 0.5) is 0 Å². The molecule has 1 aromatic carbocycles. The van der Waals surface area contributed by atoms with E-state index in [0.29, 0.717) is 12.5 Å². The second kappa shape index (κ2) is 7.79. The van der Waals surface area contributed by atoms with Crippen molar-refractivity contribution in [3.05, 3.63) is 29.8 Å². The molecule has 0 spiro atoms. The van der Waals surface area contributed by atoms with E-state index in [-0.39, 0.29) is 0 Å². The van der Waals surface area contributed by atoms with Gasteiger partial charge in [0.25, 0.3) is 5.91 Å². The first-order valence-corrected chi connectivity index (χ1v) is 8.82. The molecule has 0 radical (unpaired) electrons. The Morgan fingerprint density at radius 3 is 2.26 bits per heavy atom. The predicted octanol–water partition coefficient (Wildman–Crippen LogP) is -1.40. The smallest absolute Gasteiger partial charge is 0.277 e. The molecule has 5 nitrogen and oxygen atoms in total. The number of carbonyl (C=O) groups excluding carboxylic acids is 1. The van der Waals surface area contributed by atoms with Crippen LogP contribution in [0.3, 0.4) is 0 Å². The van der Waals surface area contributed by atoms with Gasteiger partial charge in [0.15, 0.2) is 6.54 Å². The molecule has 0 aliphatic carbocycles. The molecule has 1 amide bonds. The number of hydrogen-bond donors (Lipinski definition) is 2. The average molecular weight is 319 g/mol. The number of nitrogens with zero attached hydrogens (tertiary/aromatic N) is 1. The monoisotopic (exact) mass is 319 g/mol. The van der Waals surface area contributed by atoms with Gasteiger partial charge in [-0.05, 0) is 37.1 Å². The summed E-state index contributed by atoms with van der Waals surface area (Å²) in [4.78, 5) is 17.4. The largest absolute Gasteiger partial charge is 0.497 e. The van der Waals surface area contributed by atoms with E-state index in [1.54, 1.807) is 12.0 Å². The Kier molecular flexibility index (Phi) is 5.51. The van der Waals surface area contributed by atoms with Crippen LogP contribution in [0.15, 0.2) is 24.3 Å². The first-order valence-electron chi connectivity index (χ1n) is 8.82. The van der Waals surface area contributed by atoms with Crippen molar-refractivity contribution in [3.8, 4) is 5.75 Å². The van der Waals surface area contributed by atoms with Gasteiger partial charge in [-0.15, -0.1) is 0 Å². The number of ether oxygens (including phenoxy) is 1. The molecule has 2 aliphatic rings. The zero-order valence-corrected chi connectivity index (χ0v) is 14.1. The van der Waals surface area contributed by atoms with Gasteiger partial charge in [-0.3, -0.25) is 4.79 Å². The van der Waals surface area contributed by atoms with Crippen molar-refractivity contribution in [1.82, 2.24) is 4.90 Å². The number of amides is 1. The lowest BCUT2D eigenvalue weighted by atomic mass is 10.2. The number of benzene rings is 1. The summed E-state index contributed by atoms with van der Waals surface area (Å²) in [5.41, 5.74) is 1.36. The zero-order chi connectivity index (χ0) is 16.1. The highest BCUT2D eigenvalue weighted by molar-refractivity contribution is 5.77. The fourth-order valence-corrected chi connectivity index (χ4v) is 3.63. The van der Waals surface area contributed by atoms with Crippen LogP contribution >= 0.6 is 0 Å². The van der Waals surface area contributed by atoms with Crippen molar-refractivity contribution >= 4 is 5.91 Å². The van der Waals surface area contributed by atoms with Crippen LogP contribution < -0.4 is 14.5 Å². The number of rotatable bonds is 5. The number of hydrogen-bond acceptors (Lipinski definition) is 2. The first-order chi connectivity index (χ1) is 11.2. The van der Waals surface area contributed by atoms with E-state index < -0.39 is 0 Å². The van der Waals surface area contributed by atoms with Crippen molar-refractivity contribution < 1.29 is 19.3 Å². The molecule has 2 aliphatic heterocycles. The van der Waals surface area contributed by atoms with E-state index in [4.69, 9.17) is 4.74 Å². The van der Waals surface area contributed by atoms with Crippen LogP contribution in [0.2, 0.25) is 0 Å². The molecule has 3 rings (SSSR count). The maximum Gasteiger partial charge on any atom is 0.277 e. The molecule has 2 heterocycles. The van der Waals surface area contributed by atoms with E-state index in [9.17, 15) is 4.79 Å². The Morgan fingerprint density at radius 1 is 1.04 bits per heavy atom. The fraction of sp³-hybridized carbons (Fsp3) is 0.611. The van der Waals surface area contributed by atoms with Crippen LogP contribution in [0.25, 0.3) is 0 Å². The molecule has 0 aromatic heterocycles. The summed E-state index contributed by atoms with van der Waals surface area (Å²) >= 11 is 0. The highest BCUT2D eigenvalue weighted by Crippen LogP contribution is 2.10. The Morgan fingerprint density at radius 2 is 1.65 bits per heavy atom. The van der Waals surface area contributed by atoms with Gasteiger partial charge in [0.2, 0.25) is 0 Å². The summed E-state index contributed by atoms with van der Waals surface area (Å²) in [7, 11) is 1.70. The third-order valence-electron chi connectivity index (χ3n) is 5.14. The number of likely N-dealkylation sites (tertiary alicyclic amines) is 1. The van der Waals surface area contributed by atoms with Crippen molar-refractivity contribution in [2.24, 2.45) is 0 Å². The van der Waals surface area contributed by atoms with Gasteiger partial charge < -0.3 is 19.4 Å². The fourth-order valence-electron chi connectivity index (χ4n) is 3.63.